The summed E-state index contributed by atoms with van der Waals surface area (Å²) in [6.45, 7) is 7.40. The maximum Gasteiger partial charge on any atom is 0.313 e. The lowest BCUT2D eigenvalue weighted by Gasteiger charge is -2.33. The Labute approximate surface area is 123 Å². The Morgan fingerprint density at radius 2 is 2.10 bits per heavy atom. The number of anilines is 1. The highest BCUT2D eigenvalue weighted by molar-refractivity contribution is 5.60. The minimum atomic E-state index is -0.661. The van der Waals surface area contributed by atoms with Crippen molar-refractivity contribution in [3.8, 4) is 5.75 Å². The summed E-state index contributed by atoms with van der Waals surface area (Å²) in [6, 6.07) is 2.26. The summed E-state index contributed by atoms with van der Waals surface area (Å²) in [4.78, 5) is 12.0. The van der Waals surface area contributed by atoms with Gasteiger partial charge in [0.05, 0.1) is 23.8 Å². The maximum atomic E-state index is 14.2. The number of hydrogen-bond donors (Lipinski definition) is 1. The van der Waals surface area contributed by atoms with Crippen molar-refractivity contribution in [2.75, 3.05) is 31.6 Å². The zero-order valence-electron chi connectivity index (χ0n) is 12.9. The summed E-state index contributed by atoms with van der Waals surface area (Å²) in [7, 11) is 1.32. The van der Waals surface area contributed by atoms with Gasteiger partial charge in [0.25, 0.3) is 0 Å². The summed E-state index contributed by atoms with van der Waals surface area (Å²) < 4.78 is 19.2. The van der Waals surface area contributed by atoms with Gasteiger partial charge < -0.3 is 15.4 Å². The molecule has 0 aliphatic heterocycles. The van der Waals surface area contributed by atoms with Crippen LogP contribution >= 0.6 is 0 Å². The number of nitrogens with zero attached hydrogens (tertiary/aromatic N) is 2. The molecule has 7 heteroatoms. The highest BCUT2D eigenvalue weighted by Crippen LogP contribution is 2.35. The molecule has 21 heavy (non-hydrogen) atoms. The highest BCUT2D eigenvalue weighted by atomic mass is 19.1. The number of nitro benzene ring substituents is 1. The number of nitro groups is 1. The molecule has 0 heterocycles. The first-order chi connectivity index (χ1) is 9.75. The van der Waals surface area contributed by atoms with E-state index in [9.17, 15) is 14.5 Å². The molecule has 1 aromatic carbocycles. The number of ether oxygens (including phenoxy) is 1. The molecule has 118 valence electrons. The van der Waals surface area contributed by atoms with Crippen LogP contribution in [0.2, 0.25) is 0 Å². The Balaban J connectivity index is 3.24. The lowest BCUT2D eigenvalue weighted by atomic mass is 9.93. The van der Waals surface area contributed by atoms with Gasteiger partial charge in [0.15, 0.2) is 11.6 Å². The molecular weight excluding hydrogens is 277 g/mol. The third kappa shape index (κ3) is 4.04. The second-order valence-electron chi connectivity index (χ2n) is 5.62. The van der Waals surface area contributed by atoms with Gasteiger partial charge >= 0.3 is 5.69 Å². The molecule has 0 atom stereocenters. The van der Waals surface area contributed by atoms with E-state index in [0.717, 1.165) is 6.07 Å². The summed E-state index contributed by atoms with van der Waals surface area (Å²) in [5.74, 6) is -0.599. The quantitative estimate of drug-likeness (QED) is 0.618. The van der Waals surface area contributed by atoms with Crippen molar-refractivity contribution in [3.63, 3.8) is 0 Å². The van der Waals surface area contributed by atoms with Gasteiger partial charge in [-0.2, -0.15) is 0 Å². The fourth-order valence-corrected chi connectivity index (χ4v) is 2.03. The molecule has 0 aliphatic carbocycles. The van der Waals surface area contributed by atoms with Gasteiger partial charge in [-0.05, 0) is 18.9 Å². The first kappa shape index (κ1) is 17.2. The zero-order chi connectivity index (χ0) is 16.2. The standard InChI is InChI=1S/C14H22FN3O3/c1-5-17(9-14(2,3)8-16)11-7-13(21-4)12(18(19)20)6-10(11)15/h6-7H,5,8-9,16H2,1-4H3. The van der Waals surface area contributed by atoms with Gasteiger partial charge in [0.1, 0.15) is 0 Å². The second-order valence-corrected chi connectivity index (χ2v) is 5.62. The normalized spacial score (nSPS) is 11.3. The molecule has 0 unspecified atom stereocenters. The molecule has 0 saturated carbocycles. The van der Waals surface area contributed by atoms with Crippen LogP contribution in [0.4, 0.5) is 15.8 Å². The third-order valence-corrected chi connectivity index (χ3v) is 3.34. The number of halogens is 1. The van der Waals surface area contributed by atoms with Gasteiger partial charge in [-0.1, -0.05) is 13.8 Å². The fourth-order valence-electron chi connectivity index (χ4n) is 2.03. The molecule has 1 rings (SSSR count). The number of methoxy groups -OCH3 is 1. The monoisotopic (exact) mass is 299 g/mol. The largest absolute Gasteiger partial charge is 0.490 e. The van der Waals surface area contributed by atoms with E-state index in [0.29, 0.717) is 19.6 Å². The van der Waals surface area contributed by atoms with Crippen LogP contribution in [0.3, 0.4) is 0 Å². The third-order valence-electron chi connectivity index (χ3n) is 3.34. The number of benzene rings is 1. The van der Waals surface area contributed by atoms with E-state index in [1.165, 1.54) is 13.2 Å². The van der Waals surface area contributed by atoms with Crippen molar-refractivity contribution in [3.05, 3.63) is 28.1 Å². The number of rotatable bonds is 7. The van der Waals surface area contributed by atoms with E-state index in [2.05, 4.69) is 0 Å². The lowest BCUT2D eigenvalue weighted by molar-refractivity contribution is -0.385. The molecule has 6 nitrogen and oxygen atoms in total. The molecule has 0 fully saturated rings. The number of nitrogens with two attached hydrogens (primary N) is 1. The summed E-state index contributed by atoms with van der Waals surface area (Å²) in [5.41, 5.74) is 5.41. The van der Waals surface area contributed by atoms with E-state index in [1.807, 2.05) is 20.8 Å². The van der Waals surface area contributed by atoms with E-state index < -0.39 is 10.7 Å². The van der Waals surface area contributed by atoms with Crippen LogP contribution in [-0.4, -0.2) is 31.7 Å². The van der Waals surface area contributed by atoms with Gasteiger partial charge in [-0.25, -0.2) is 4.39 Å². The molecule has 0 spiro atoms. The Kier molecular flexibility index (Phi) is 5.48. The van der Waals surface area contributed by atoms with Crippen LogP contribution in [0.1, 0.15) is 20.8 Å². The first-order valence-corrected chi connectivity index (χ1v) is 6.72. The topological polar surface area (TPSA) is 81.6 Å². The van der Waals surface area contributed by atoms with E-state index in [1.54, 1.807) is 4.90 Å². The maximum absolute atomic E-state index is 14.2. The van der Waals surface area contributed by atoms with Crippen LogP contribution < -0.4 is 15.4 Å². The van der Waals surface area contributed by atoms with Crippen LogP contribution in [0.5, 0.6) is 5.75 Å². The predicted molar refractivity (Wildman–Crippen MR) is 80.3 cm³/mol. The van der Waals surface area contributed by atoms with Crippen molar-refractivity contribution in [2.45, 2.75) is 20.8 Å². The smallest absolute Gasteiger partial charge is 0.313 e. The predicted octanol–water partition coefficient (Wildman–Crippen LogP) is 2.55. The van der Waals surface area contributed by atoms with Crippen LogP contribution in [0, 0.1) is 21.3 Å². The molecule has 0 aromatic heterocycles. The Hall–Kier alpha value is -1.89. The molecule has 0 saturated heterocycles. The SMILES string of the molecule is CCN(CC(C)(C)CN)c1cc(OC)c([N+](=O)[O-])cc1F. The zero-order valence-corrected chi connectivity index (χ0v) is 12.9. The van der Waals surface area contributed by atoms with Gasteiger partial charge in [-0.3, -0.25) is 10.1 Å². The summed E-state index contributed by atoms with van der Waals surface area (Å²) >= 11 is 0. The number of hydrogen-bond acceptors (Lipinski definition) is 5. The van der Waals surface area contributed by atoms with Crippen molar-refractivity contribution in [1.82, 2.24) is 0 Å². The minimum Gasteiger partial charge on any atom is -0.490 e. The van der Waals surface area contributed by atoms with Crippen molar-refractivity contribution >= 4 is 11.4 Å². The summed E-state index contributed by atoms with van der Waals surface area (Å²) in [5, 5.41) is 10.9. The van der Waals surface area contributed by atoms with Crippen molar-refractivity contribution in [1.29, 1.82) is 0 Å². The molecule has 0 radical (unpaired) electrons. The van der Waals surface area contributed by atoms with E-state index >= 15 is 0 Å². The Bertz CT molecular complexity index is 520. The Morgan fingerprint density at radius 1 is 1.48 bits per heavy atom. The van der Waals surface area contributed by atoms with Crippen LogP contribution in [0.25, 0.3) is 0 Å². The first-order valence-electron chi connectivity index (χ1n) is 6.72. The van der Waals surface area contributed by atoms with Gasteiger partial charge in [0, 0.05) is 19.2 Å². The van der Waals surface area contributed by atoms with Crippen molar-refractivity contribution in [2.24, 2.45) is 11.1 Å². The highest BCUT2D eigenvalue weighted by Gasteiger charge is 2.25. The second kappa shape index (κ2) is 6.71. The minimum absolute atomic E-state index is 0.0420. The molecular formula is C14H22FN3O3. The fraction of sp³-hybridized carbons (Fsp3) is 0.571. The van der Waals surface area contributed by atoms with E-state index in [-0.39, 0.29) is 22.5 Å². The van der Waals surface area contributed by atoms with Crippen molar-refractivity contribution < 1.29 is 14.1 Å². The summed E-state index contributed by atoms with van der Waals surface area (Å²) in [6.07, 6.45) is 0. The molecule has 0 amide bonds. The van der Waals surface area contributed by atoms with Gasteiger partial charge in [0.2, 0.25) is 0 Å². The average molecular weight is 299 g/mol. The molecule has 0 aliphatic rings. The van der Waals surface area contributed by atoms with Crippen LogP contribution in [-0.2, 0) is 0 Å². The molecule has 0 bridgehead atoms. The average Bonchev–Trinajstić information content (AvgIpc) is 2.44. The van der Waals surface area contributed by atoms with E-state index in [4.69, 9.17) is 10.5 Å². The van der Waals surface area contributed by atoms with Gasteiger partial charge in [-0.15, -0.1) is 0 Å². The Morgan fingerprint density at radius 3 is 2.52 bits per heavy atom. The molecule has 1 aromatic rings. The molecule has 2 N–H and O–H groups in total. The van der Waals surface area contributed by atoms with Crippen LogP contribution in [0.15, 0.2) is 12.1 Å². The lowest BCUT2D eigenvalue weighted by Crippen LogP contribution is -2.39.